The average Bonchev–Trinajstić information content (AvgIpc) is 3.53. The summed E-state index contributed by atoms with van der Waals surface area (Å²) >= 11 is 0. The number of benzene rings is 1. The third-order valence-corrected chi connectivity index (χ3v) is 5.17. The number of alkyl halides is 5. The molecule has 11 heteroatoms. The van der Waals surface area contributed by atoms with Crippen molar-refractivity contribution >= 4 is 16.6 Å². The minimum atomic E-state index is -4.69. The smallest absolute Gasteiger partial charge is 0.356 e. The van der Waals surface area contributed by atoms with E-state index < -0.39 is 35.3 Å². The third kappa shape index (κ3) is 4.04. The van der Waals surface area contributed by atoms with Crippen molar-refractivity contribution < 1.29 is 22.0 Å². The molecule has 0 bridgehead atoms. The summed E-state index contributed by atoms with van der Waals surface area (Å²) in [5, 5.41) is 6.61. The van der Waals surface area contributed by atoms with Gasteiger partial charge in [0.2, 0.25) is 0 Å². The molecule has 4 rings (SSSR count). The Labute approximate surface area is 171 Å². The zero-order chi connectivity index (χ0) is 22.5. The van der Waals surface area contributed by atoms with Gasteiger partial charge < -0.3 is 9.88 Å². The fraction of sp³-hybridized carbons (Fsp3) is 0.350. The first kappa shape index (κ1) is 21.0. The van der Waals surface area contributed by atoms with E-state index in [-0.39, 0.29) is 28.2 Å². The summed E-state index contributed by atoms with van der Waals surface area (Å²) in [5.41, 5.74) is -2.33. The molecule has 1 aliphatic rings. The molecule has 1 fully saturated rings. The Hall–Kier alpha value is -3.24. The molecule has 6 nitrogen and oxygen atoms in total. The number of aromatic nitrogens is 3. The molecule has 164 valence electrons. The summed E-state index contributed by atoms with van der Waals surface area (Å²) in [6.07, 6.45) is -4.83. The van der Waals surface area contributed by atoms with Crippen LogP contribution in [0.5, 0.6) is 0 Å². The van der Waals surface area contributed by atoms with Crippen LogP contribution in [0.2, 0.25) is 0 Å². The van der Waals surface area contributed by atoms with E-state index in [1.54, 1.807) is 0 Å². The second-order valence-electron chi connectivity index (χ2n) is 7.43. The van der Waals surface area contributed by atoms with Gasteiger partial charge in [0.15, 0.2) is 5.82 Å². The second kappa shape index (κ2) is 7.47. The maximum absolute atomic E-state index is 13.9. The molecule has 0 spiro atoms. The molecule has 0 aliphatic heterocycles. The lowest BCUT2D eigenvalue weighted by molar-refractivity contribution is -0.137. The van der Waals surface area contributed by atoms with Crippen LogP contribution in [-0.4, -0.2) is 20.8 Å². The lowest BCUT2D eigenvalue weighted by atomic mass is 10.0. The SMILES string of the molecule is Cn1nc(N[C@H](c2cccc(C(F)(F)F)c2)C(F)F)c2cn(C3CC3)c(=O)cc2c1=O. The van der Waals surface area contributed by atoms with E-state index >= 15 is 0 Å². The summed E-state index contributed by atoms with van der Waals surface area (Å²) in [6, 6.07) is 2.91. The minimum Gasteiger partial charge on any atom is -0.356 e. The van der Waals surface area contributed by atoms with Crippen LogP contribution in [0.25, 0.3) is 10.8 Å². The van der Waals surface area contributed by atoms with Gasteiger partial charge in [0.1, 0.15) is 6.04 Å². The number of nitrogens with zero attached hydrogens (tertiary/aromatic N) is 3. The zero-order valence-electron chi connectivity index (χ0n) is 16.2. The molecule has 1 atom stereocenters. The Morgan fingerprint density at radius 1 is 1.13 bits per heavy atom. The highest BCUT2D eigenvalue weighted by Gasteiger charge is 2.33. The van der Waals surface area contributed by atoms with Gasteiger partial charge >= 0.3 is 6.18 Å². The van der Waals surface area contributed by atoms with Crippen LogP contribution in [-0.2, 0) is 13.2 Å². The number of rotatable bonds is 5. The second-order valence-corrected chi connectivity index (χ2v) is 7.43. The van der Waals surface area contributed by atoms with Gasteiger partial charge in [-0.1, -0.05) is 12.1 Å². The van der Waals surface area contributed by atoms with Crippen LogP contribution >= 0.6 is 0 Å². The molecule has 1 aliphatic carbocycles. The van der Waals surface area contributed by atoms with Gasteiger partial charge in [0.05, 0.1) is 10.9 Å². The van der Waals surface area contributed by atoms with Gasteiger partial charge in [-0.2, -0.15) is 18.3 Å². The van der Waals surface area contributed by atoms with Crippen molar-refractivity contribution in [3.8, 4) is 0 Å². The van der Waals surface area contributed by atoms with Crippen LogP contribution in [0, 0.1) is 0 Å². The van der Waals surface area contributed by atoms with Gasteiger partial charge in [-0.25, -0.2) is 13.5 Å². The van der Waals surface area contributed by atoms with E-state index in [9.17, 15) is 31.5 Å². The van der Waals surface area contributed by atoms with Crippen molar-refractivity contribution in [2.75, 3.05) is 5.32 Å². The molecule has 0 amide bonds. The third-order valence-electron chi connectivity index (χ3n) is 5.17. The molecule has 1 saturated carbocycles. The van der Waals surface area contributed by atoms with Gasteiger partial charge in [0, 0.05) is 30.7 Å². The van der Waals surface area contributed by atoms with Crippen LogP contribution < -0.4 is 16.4 Å². The fourth-order valence-corrected chi connectivity index (χ4v) is 3.43. The largest absolute Gasteiger partial charge is 0.416 e. The summed E-state index contributed by atoms with van der Waals surface area (Å²) in [5.74, 6) is -0.130. The van der Waals surface area contributed by atoms with Crippen molar-refractivity contribution in [2.24, 2.45) is 7.05 Å². The zero-order valence-corrected chi connectivity index (χ0v) is 16.2. The molecule has 31 heavy (non-hydrogen) atoms. The summed E-state index contributed by atoms with van der Waals surface area (Å²) in [4.78, 5) is 24.7. The van der Waals surface area contributed by atoms with E-state index in [0.29, 0.717) is 6.07 Å². The van der Waals surface area contributed by atoms with Crippen molar-refractivity contribution in [3.63, 3.8) is 0 Å². The van der Waals surface area contributed by atoms with Crippen LogP contribution in [0.15, 0.2) is 46.1 Å². The number of aryl methyl sites for hydroxylation is 1. The first-order valence-electron chi connectivity index (χ1n) is 9.41. The molecule has 1 N–H and O–H groups in total. The molecule has 0 saturated heterocycles. The summed E-state index contributed by atoms with van der Waals surface area (Å²) < 4.78 is 69.1. The summed E-state index contributed by atoms with van der Waals surface area (Å²) in [6.45, 7) is 0. The van der Waals surface area contributed by atoms with Crippen molar-refractivity contribution in [2.45, 2.75) is 37.5 Å². The molecule has 0 unspecified atom stereocenters. The van der Waals surface area contributed by atoms with E-state index in [1.807, 2.05) is 0 Å². The van der Waals surface area contributed by atoms with Crippen molar-refractivity contribution in [1.29, 1.82) is 0 Å². The number of hydrogen-bond donors (Lipinski definition) is 1. The Morgan fingerprint density at radius 3 is 2.45 bits per heavy atom. The predicted octanol–water partition coefficient (Wildman–Crippen LogP) is 3.87. The molecule has 2 aromatic heterocycles. The molecule has 3 aromatic rings. The van der Waals surface area contributed by atoms with Crippen LogP contribution in [0.3, 0.4) is 0 Å². The number of pyridine rings is 1. The summed E-state index contributed by atoms with van der Waals surface area (Å²) in [7, 11) is 1.29. The quantitative estimate of drug-likeness (QED) is 0.612. The number of anilines is 1. The fourth-order valence-electron chi connectivity index (χ4n) is 3.43. The number of halogens is 5. The highest BCUT2D eigenvalue weighted by atomic mass is 19.4. The van der Waals surface area contributed by atoms with E-state index in [2.05, 4.69) is 10.4 Å². The predicted molar refractivity (Wildman–Crippen MR) is 103 cm³/mol. The van der Waals surface area contributed by atoms with Gasteiger partial charge in [0.25, 0.3) is 17.5 Å². The monoisotopic (exact) mass is 440 g/mol. The Balaban J connectivity index is 1.84. The first-order chi connectivity index (χ1) is 14.6. The highest BCUT2D eigenvalue weighted by molar-refractivity contribution is 5.90. The van der Waals surface area contributed by atoms with Gasteiger partial charge in [-0.05, 0) is 30.5 Å². The van der Waals surface area contributed by atoms with Crippen molar-refractivity contribution in [1.82, 2.24) is 14.3 Å². The van der Waals surface area contributed by atoms with Crippen LogP contribution in [0.4, 0.5) is 27.8 Å². The maximum Gasteiger partial charge on any atom is 0.416 e. The first-order valence-corrected chi connectivity index (χ1v) is 9.41. The topological polar surface area (TPSA) is 68.9 Å². The minimum absolute atomic E-state index is 0.0149. The number of nitrogens with one attached hydrogen (secondary N) is 1. The Bertz CT molecular complexity index is 1260. The van der Waals surface area contributed by atoms with Gasteiger partial charge in [-0.15, -0.1) is 0 Å². The molecular formula is C20H17F5N4O2. The lowest BCUT2D eigenvalue weighted by Gasteiger charge is -2.21. The highest BCUT2D eigenvalue weighted by Crippen LogP contribution is 2.36. The molecular weight excluding hydrogens is 423 g/mol. The molecule has 1 aromatic carbocycles. The Morgan fingerprint density at radius 2 is 1.84 bits per heavy atom. The average molecular weight is 440 g/mol. The molecule has 0 radical (unpaired) electrons. The van der Waals surface area contributed by atoms with E-state index in [4.69, 9.17) is 0 Å². The standard InChI is InChI=1S/C20H17F5N4O2/c1-28-19(31)13-8-15(30)29(12-5-6-12)9-14(13)18(27-28)26-16(17(21)22)10-3-2-4-11(7-10)20(23,24)25/h2-4,7-9,12,16-17H,5-6H2,1H3,(H,26,27)/t16-/m1/s1. The van der Waals surface area contributed by atoms with Gasteiger partial charge in [-0.3, -0.25) is 9.59 Å². The van der Waals surface area contributed by atoms with E-state index in [0.717, 1.165) is 41.8 Å². The molecule has 2 heterocycles. The van der Waals surface area contributed by atoms with Crippen molar-refractivity contribution in [3.05, 3.63) is 68.4 Å². The number of fused-ring (bicyclic) bond motifs is 1. The lowest BCUT2D eigenvalue weighted by Crippen LogP contribution is -2.27. The normalized spacial score (nSPS) is 15.5. The Kier molecular flexibility index (Phi) is 5.06. The maximum atomic E-state index is 13.9. The number of hydrogen-bond acceptors (Lipinski definition) is 4. The van der Waals surface area contributed by atoms with Crippen LogP contribution in [0.1, 0.15) is 36.1 Å². The van der Waals surface area contributed by atoms with E-state index in [1.165, 1.54) is 17.8 Å².